The summed E-state index contributed by atoms with van der Waals surface area (Å²) < 4.78 is 37.2. The number of carbonyl (C=O) groups is 1. The molecule has 0 saturated heterocycles. The van der Waals surface area contributed by atoms with Crippen LogP contribution in [0.25, 0.3) is 11.3 Å². The van der Waals surface area contributed by atoms with Crippen molar-refractivity contribution in [3.63, 3.8) is 0 Å². The molecule has 1 amide bonds. The van der Waals surface area contributed by atoms with Crippen molar-refractivity contribution in [2.45, 2.75) is 94.8 Å². The van der Waals surface area contributed by atoms with Crippen molar-refractivity contribution in [3.05, 3.63) is 29.6 Å². The van der Waals surface area contributed by atoms with Crippen LogP contribution in [0.1, 0.15) is 71.4 Å². The minimum absolute atomic E-state index is 0.0217. The van der Waals surface area contributed by atoms with Gasteiger partial charge in [-0.15, -0.1) is 0 Å². The molecule has 2 aromatic rings. The van der Waals surface area contributed by atoms with Crippen molar-refractivity contribution in [1.29, 1.82) is 0 Å². The van der Waals surface area contributed by atoms with E-state index in [4.69, 9.17) is 25.9 Å². The molecule has 0 aliphatic heterocycles. The number of rotatable bonds is 4. The van der Waals surface area contributed by atoms with Crippen LogP contribution in [0.4, 0.5) is 10.6 Å². The summed E-state index contributed by atoms with van der Waals surface area (Å²) in [7, 11) is 1.84. The minimum atomic E-state index is -4.13. The highest BCUT2D eigenvalue weighted by atomic mass is 35.7. The van der Waals surface area contributed by atoms with Gasteiger partial charge < -0.3 is 20.5 Å². The van der Waals surface area contributed by atoms with Crippen molar-refractivity contribution >= 4 is 31.6 Å². The summed E-state index contributed by atoms with van der Waals surface area (Å²) in [6, 6.07) is 3.42. The van der Waals surface area contributed by atoms with E-state index in [0.717, 1.165) is 5.56 Å². The number of fused-ring (bicyclic) bond motifs is 3. The maximum atomic E-state index is 12.8. The van der Waals surface area contributed by atoms with Gasteiger partial charge in [0.1, 0.15) is 28.4 Å². The normalized spacial score (nSPS) is 21.2. The molecule has 1 aromatic heterocycles. The average molecular weight is 537 g/mol. The number of anilines is 1. The lowest BCUT2D eigenvalue weighted by molar-refractivity contribution is 0.0470. The number of nitrogens with two attached hydrogens (primary N) is 1. The number of carbonyl (C=O) groups excluding carboxylic acids is 1. The summed E-state index contributed by atoms with van der Waals surface area (Å²) in [6.45, 7) is 9.41. The number of alkyl carbamates (subject to hydrolysis) is 1. The lowest BCUT2D eigenvalue weighted by atomic mass is 9.72. The number of ether oxygens (including phenoxy) is 2. The van der Waals surface area contributed by atoms with Crippen LogP contribution < -0.4 is 15.8 Å². The number of nitrogens with one attached hydrogen (secondary N) is 1. The third-order valence-electron chi connectivity index (χ3n) is 6.58. The Balaban J connectivity index is 1.58. The number of aromatic nitrogens is 2. The highest BCUT2D eigenvalue weighted by Gasteiger charge is 2.39. The van der Waals surface area contributed by atoms with E-state index in [1.807, 2.05) is 40.7 Å². The maximum absolute atomic E-state index is 12.8. The Kier molecular flexibility index (Phi) is 6.89. The van der Waals surface area contributed by atoms with Gasteiger partial charge in [0, 0.05) is 27.9 Å². The Labute approximate surface area is 216 Å². The summed E-state index contributed by atoms with van der Waals surface area (Å²) in [5.41, 5.74) is 7.73. The van der Waals surface area contributed by atoms with Gasteiger partial charge in [0.2, 0.25) is 0 Å². The molecular weight excluding hydrogens is 504 g/mol. The van der Waals surface area contributed by atoms with Gasteiger partial charge in [0.25, 0.3) is 9.05 Å². The Bertz CT molecular complexity index is 1280. The molecule has 0 spiro atoms. The van der Waals surface area contributed by atoms with Gasteiger partial charge in [-0.1, -0.05) is 13.8 Å². The molecule has 4 rings (SSSR count). The van der Waals surface area contributed by atoms with Crippen molar-refractivity contribution < 1.29 is 22.7 Å². The van der Waals surface area contributed by atoms with Crippen LogP contribution in [-0.2, 0) is 25.6 Å². The average Bonchev–Trinajstić information content (AvgIpc) is 2.72. The van der Waals surface area contributed by atoms with E-state index >= 15 is 0 Å². The van der Waals surface area contributed by atoms with Gasteiger partial charge in [0.15, 0.2) is 0 Å². The van der Waals surface area contributed by atoms with Crippen LogP contribution in [-0.4, -0.2) is 42.2 Å². The van der Waals surface area contributed by atoms with E-state index in [1.165, 1.54) is 6.33 Å². The Morgan fingerprint density at radius 3 is 2.44 bits per heavy atom. The van der Waals surface area contributed by atoms with Gasteiger partial charge in [-0.25, -0.2) is 23.2 Å². The first-order chi connectivity index (χ1) is 16.7. The summed E-state index contributed by atoms with van der Waals surface area (Å²) in [4.78, 5) is 20.6. The highest BCUT2D eigenvalue weighted by Crippen LogP contribution is 2.48. The van der Waals surface area contributed by atoms with Crippen LogP contribution in [0.2, 0.25) is 0 Å². The monoisotopic (exact) mass is 536 g/mol. The number of hydrogen-bond acceptors (Lipinski definition) is 8. The second-order valence-corrected chi connectivity index (χ2v) is 13.6. The number of amides is 1. The van der Waals surface area contributed by atoms with E-state index in [9.17, 15) is 13.2 Å². The van der Waals surface area contributed by atoms with Gasteiger partial charge in [0.05, 0.1) is 11.8 Å². The molecule has 2 aliphatic rings. The number of nitrogens with zero attached hydrogens (tertiary/aromatic N) is 2. The zero-order valence-corrected chi connectivity index (χ0v) is 22.8. The van der Waals surface area contributed by atoms with E-state index in [1.54, 1.807) is 6.07 Å². The molecule has 0 bridgehead atoms. The Morgan fingerprint density at radius 1 is 1.17 bits per heavy atom. The van der Waals surface area contributed by atoms with Gasteiger partial charge >= 0.3 is 6.09 Å². The zero-order valence-electron chi connectivity index (χ0n) is 21.2. The number of nitrogen functional groups attached to an aromatic ring is 1. The van der Waals surface area contributed by atoms with Crippen molar-refractivity contribution in [1.82, 2.24) is 15.3 Å². The fourth-order valence-electron chi connectivity index (χ4n) is 5.14. The molecule has 0 radical (unpaired) electrons. The van der Waals surface area contributed by atoms with Gasteiger partial charge in [-0.3, -0.25) is 0 Å². The summed E-state index contributed by atoms with van der Waals surface area (Å²) in [6.07, 6.45) is 3.79. The largest absolute Gasteiger partial charge is 0.489 e. The van der Waals surface area contributed by atoms with Crippen molar-refractivity contribution in [2.75, 3.05) is 5.73 Å². The first kappa shape index (κ1) is 26.5. The highest BCUT2D eigenvalue weighted by molar-refractivity contribution is 8.13. The molecule has 9 nitrogen and oxygen atoms in total. The van der Waals surface area contributed by atoms with Crippen molar-refractivity contribution in [3.8, 4) is 17.0 Å². The number of hydrogen-bond donors (Lipinski definition) is 2. The standard InChI is InChI=1S/C25H33ClN4O5S/c1-24(2,3)35-23(31)30-14-6-8-15(9-7-14)34-18-11-10-16-17(21(18)36(26,32)33)12-25(4,5)19-20(16)28-13-29-22(19)27/h10-11,13-15H,6-9,12H2,1-5H3,(H,30,31)(H2,27,28,29). The predicted molar refractivity (Wildman–Crippen MR) is 138 cm³/mol. The molecule has 0 unspecified atom stereocenters. The molecule has 1 fully saturated rings. The molecule has 196 valence electrons. The molecule has 0 atom stereocenters. The summed E-state index contributed by atoms with van der Waals surface area (Å²) >= 11 is 0. The molecule has 11 heteroatoms. The van der Waals surface area contributed by atoms with Gasteiger partial charge in [-0.05, 0) is 76.0 Å². The molecule has 2 aliphatic carbocycles. The quantitative estimate of drug-likeness (QED) is 0.537. The second-order valence-electron chi connectivity index (χ2n) is 11.1. The van der Waals surface area contributed by atoms with Gasteiger partial charge in [-0.2, -0.15) is 0 Å². The van der Waals surface area contributed by atoms with E-state index in [2.05, 4.69) is 15.3 Å². The first-order valence-corrected chi connectivity index (χ1v) is 14.3. The van der Waals surface area contributed by atoms with Crippen LogP contribution in [0.15, 0.2) is 23.4 Å². The molecule has 1 aromatic carbocycles. The third kappa shape index (κ3) is 5.54. The fraction of sp³-hybridized carbons (Fsp3) is 0.560. The molecule has 1 heterocycles. The minimum Gasteiger partial charge on any atom is -0.489 e. The molecule has 1 saturated carbocycles. The SMILES string of the molecule is CC(C)(C)OC(=O)NC1CCC(Oc2ccc3c(c2S(=O)(=O)Cl)CC(C)(C)c2c(N)ncnc2-3)CC1. The maximum Gasteiger partial charge on any atom is 0.407 e. The summed E-state index contributed by atoms with van der Waals surface area (Å²) in [5, 5.41) is 2.90. The fourth-order valence-corrected chi connectivity index (χ4v) is 6.48. The van der Waals surface area contributed by atoms with E-state index in [-0.39, 0.29) is 22.8 Å². The first-order valence-electron chi connectivity index (χ1n) is 12.0. The van der Waals surface area contributed by atoms with E-state index < -0.39 is 26.2 Å². The predicted octanol–water partition coefficient (Wildman–Crippen LogP) is 4.70. The lowest BCUT2D eigenvalue weighted by Gasteiger charge is -2.35. The van der Waals surface area contributed by atoms with Crippen LogP contribution in [0.3, 0.4) is 0 Å². The lowest BCUT2D eigenvalue weighted by Crippen LogP contribution is -2.42. The van der Waals surface area contributed by atoms with E-state index in [0.29, 0.717) is 54.7 Å². The third-order valence-corrected chi connectivity index (χ3v) is 7.98. The summed E-state index contributed by atoms with van der Waals surface area (Å²) in [5.74, 6) is 0.608. The second kappa shape index (κ2) is 9.37. The molecule has 3 N–H and O–H groups in total. The Morgan fingerprint density at radius 2 is 1.83 bits per heavy atom. The van der Waals surface area contributed by atoms with Crippen LogP contribution in [0.5, 0.6) is 5.75 Å². The number of halogens is 1. The number of benzene rings is 1. The zero-order chi connectivity index (χ0) is 26.5. The smallest absolute Gasteiger partial charge is 0.407 e. The Hall–Kier alpha value is -2.59. The van der Waals surface area contributed by atoms with Crippen molar-refractivity contribution in [2.24, 2.45) is 0 Å². The van der Waals surface area contributed by atoms with Crippen LogP contribution in [0, 0.1) is 0 Å². The topological polar surface area (TPSA) is 134 Å². The molecular formula is C25H33ClN4O5S. The van der Waals surface area contributed by atoms with Crippen LogP contribution >= 0.6 is 10.7 Å². The molecule has 36 heavy (non-hydrogen) atoms.